The number of anilines is 1. The molecular formula is C10H10N4O. The molecule has 1 heterocycles. The monoisotopic (exact) mass is 202 g/mol. The number of nitrogens with two attached hydrogens (primary N) is 1. The second-order valence-corrected chi connectivity index (χ2v) is 2.98. The molecule has 0 saturated heterocycles. The van der Waals surface area contributed by atoms with Crippen molar-refractivity contribution in [2.75, 3.05) is 11.2 Å². The zero-order valence-corrected chi connectivity index (χ0v) is 7.92. The summed E-state index contributed by atoms with van der Waals surface area (Å²) < 4.78 is 1.18. The van der Waals surface area contributed by atoms with E-state index in [0.29, 0.717) is 5.69 Å². The zero-order chi connectivity index (χ0) is 10.7. The molecule has 0 aliphatic heterocycles. The molecule has 1 aromatic carbocycles. The van der Waals surface area contributed by atoms with Gasteiger partial charge in [-0.1, -0.05) is 18.2 Å². The summed E-state index contributed by atoms with van der Waals surface area (Å²) in [5, 5.41) is 2.68. The number of amides is 1. The van der Waals surface area contributed by atoms with Crippen molar-refractivity contribution >= 4 is 11.6 Å². The van der Waals surface area contributed by atoms with Crippen LogP contribution in [0, 0.1) is 0 Å². The fraction of sp³-hybridized carbons (Fsp3) is 0. The van der Waals surface area contributed by atoms with E-state index in [1.54, 1.807) is 12.1 Å². The van der Waals surface area contributed by atoms with Crippen LogP contribution in [-0.2, 0) is 0 Å². The third kappa shape index (κ3) is 1.96. The molecule has 5 nitrogen and oxygen atoms in total. The van der Waals surface area contributed by atoms with Crippen molar-refractivity contribution in [3.63, 3.8) is 0 Å². The van der Waals surface area contributed by atoms with Gasteiger partial charge in [-0.25, -0.2) is 9.66 Å². The Kier molecular flexibility index (Phi) is 2.37. The maximum absolute atomic E-state index is 11.6. The van der Waals surface area contributed by atoms with Crippen molar-refractivity contribution in [2.24, 2.45) is 0 Å². The maximum Gasteiger partial charge on any atom is 0.293 e. The summed E-state index contributed by atoms with van der Waals surface area (Å²) in [5.41, 5.74) is 0.713. The van der Waals surface area contributed by atoms with Gasteiger partial charge in [-0.05, 0) is 12.1 Å². The van der Waals surface area contributed by atoms with Gasteiger partial charge in [0.05, 0.1) is 0 Å². The summed E-state index contributed by atoms with van der Waals surface area (Å²) in [6, 6.07) is 9.14. The molecule has 76 valence electrons. The van der Waals surface area contributed by atoms with Crippen molar-refractivity contribution in [1.29, 1.82) is 0 Å². The molecule has 5 heteroatoms. The maximum atomic E-state index is 11.6. The largest absolute Gasteiger partial charge is 0.338 e. The highest BCUT2D eigenvalue weighted by Crippen LogP contribution is 2.06. The average molecular weight is 202 g/mol. The van der Waals surface area contributed by atoms with Crippen LogP contribution in [-0.4, -0.2) is 15.6 Å². The molecule has 0 unspecified atom stereocenters. The smallest absolute Gasteiger partial charge is 0.293 e. The molecule has 2 aromatic rings. The van der Waals surface area contributed by atoms with Gasteiger partial charge >= 0.3 is 0 Å². The third-order valence-electron chi connectivity index (χ3n) is 1.90. The van der Waals surface area contributed by atoms with E-state index in [9.17, 15) is 4.79 Å². The number of carbonyl (C=O) groups excluding carboxylic acids is 1. The van der Waals surface area contributed by atoms with E-state index in [1.807, 2.05) is 18.2 Å². The van der Waals surface area contributed by atoms with Crippen molar-refractivity contribution < 1.29 is 4.79 Å². The first-order chi connectivity index (χ1) is 7.27. The lowest BCUT2D eigenvalue weighted by Gasteiger charge is -2.03. The minimum absolute atomic E-state index is 0.179. The van der Waals surface area contributed by atoms with Gasteiger partial charge in [-0.2, -0.15) is 0 Å². The van der Waals surface area contributed by atoms with Crippen molar-refractivity contribution in [3.05, 3.63) is 48.5 Å². The lowest BCUT2D eigenvalue weighted by atomic mass is 10.3. The minimum atomic E-state index is -0.325. The van der Waals surface area contributed by atoms with E-state index in [0.717, 1.165) is 0 Å². The molecule has 0 atom stereocenters. The molecule has 1 amide bonds. The molecule has 0 saturated carbocycles. The number of aromatic nitrogens is 2. The number of hydrogen-bond acceptors (Lipinski definition) is 3. The number of nitrogens with zero attached hydrogens (tertiary/aromatic N) is 2. The molecule has 2 rings (SSSR count). The number of benzene rings is 1. The summed E-state index contributed by atoms with van der Waals surface area (Å²) >= 11 is 0. The highest BCUT2D eigenvalue weighted by molar-refractivity contribution is 6.01. The topological polar surface area (TPSA) is 72.9 Å². The highest BCUT2D eigenvalue weighted by atomic mass is 16.2. The van der Waals surface area contributed by atoms with E-state index in [1.165, 1.54) is 17.1 Å². The normalized spacial score (nSPS) is 9.87. The number of rotatable bonds is 2. The number of carbonyl (C=O) groups is 1. The molecule has 0 aliphatic rings. The molecule has 3 N–H and O–H groups in total. The van der Waals surface area contributed by atoms with Crippen molar-refractivity contribution in [2.45, 2.75) is 0 Å². The molecule has 0 bridgehead atoms. The lowest BCUT2D eigenvalue weighted by Crippen LogP contribution is -2.21. The molecule has 1 aromatic heterocycles. The Hall–Kier alpha value is -2.30. The summed E-state index contributed by atoms with van der Waals surface area (Å²) in [5.74, 6) is 5.34. The highest BCUT2D eigenvalue weighted by Gasteiger charge is 2.10. The second-order valence-electron chi connectivity index (χ2n) is 2.98. The first-order valence-electron chi connectivity index (χ1n) is 4.42. The van der Waals surface area contributed by atoms with Crippen molar-refractivity contribution in [3.8, 4) is 0 Å². The molecule has 0 fully saturated rings. The first kappa shape index (κ1) is 9.26. The van der Waals surface area contributed by atoms with Crippen LogP contribution in [0.5, 0.6) is 0 Å². The summed E-state index contributed by atoms with van der Waals surface area (Å²) in [7, 11) is 0. The van der Waals surface area contributed by atoms with Crippen LogP contribution >= 0.6 is 0 Å². The lowest BCUT2D eigenvalue weighted by molar-refractivity contribution is 0.101. The average Bonchev–Trinajstić information content (AvgIpc) is 2.66. The SMILES string of the molecule is Nn1ccnc1C(=O)Nc1ccccc1. The van der Waals surface area contributed by atoms with Gasteiger partial charge in [0.25, 0.3) is 5.91 Å². The fourth-order valence-electron chi connectivity index (χ4n) is 1.20. The van der Waals surface area contributed by atoms with E-state index < -0.39 is 0 Å². The Labute approximate surface area is 86.5 Å². The van der Waals surface area contributed by atoms with Gasteiger partial charge in [-0.3, -0.25) is 4.79 Å². The van der Waals surface area contributed by atoms with E-state index in [2.05, 4.69) is 10.3 Å². The number of hydrogen-bond donors (Lipinski definition) is 2. The quantitative estimate of drug-likeness (QED) is 0.709. The van der Waals surface area contributed by atoms with E-state index in [-0.39, 0.29) is 11.7 Å². The summed E-state index contributed by atoms with van der Waals surface area (Å²) in [6.45, 7) is 0. The summed E-state index contributed by atoms with van der Waals surface area (Å²) in [4.78, 5) is 15.5. The Balaban J connectivity index is 2.15. The third-order valence-corrected chi connectivity index (χ3v) is 1.90. The van der Waals surface area contributed by atoms with Crippen LogP contribution in [0.1, 0.15) is 10.6 Å². The van der Waals surface area contributed by atoms with Gasteiger partial charge in [0.1, 0.15) is 0 Å². The van der Waals surface area contributed by atoms with Crippen LogP contribution in [0.15, 0.2) is 42.7 Å². The minimum Gasteiger partial charge on any atom is -0.338 e. The first-order valence-corrected chi connectivity index (χ1v) is 4.42. The standard InChI is InChI=1S/C10H10N4O/c11-14-7-6-12-9(14)10(15)13-8-4-2-1-3-5-8/h1-7H,11H2,(H,13,15). The Morgan fingerprint density at radius 3 is 2.67 bits per heavy atom. The molecule has 0 radical (unpaired) electrons. The Bertz CT molecular complexity index is 463. The molecule has 0 aliphatic carbocycles. The number of nitrogens with one attached hydrogen (secondary N) is 1. The zero-order valence-electron chi connectivity index (χ0n) is 7.92. The predicted molar refractivity (Wildman–Crippen MR) is 56.8 cm³/mol. The second kappa shape index (κ2) is 3.83. The van der Waals surface area contributed by atoms with Gasteiger partial charge in [0.15, 0.2) is 0 Å². The fourth-order valence-corrected chi connectivity index (χ4v) is 1.20. The number of nitrogen functional groups attached to an aromatic ring is 1. The molecule has 15 heavy (non-hydrogen) atoms. The van der Waals surface area contributed by atoms with Gasteiger partial charge < -0.3 is 11.2 Å². The Morgan fingerprint density at radius 1 is 1.33 bits per heavy atom. The van der Waals surface area contributed by atoms with E-state index >= 15 is 0 Å². The predicted octanol–water partition coefficient (Wildman–Crippen LogP) is 0.849. The van der Waals surface area contributed by atoms with Crippen LogP contribution in [0.3, 0.4) is 0 Å². The Morgan fingerprint density at radius 2 is 2.07 bits per heavy atom. The van der Waals surface area contributed by atoms with Gasteiger partial charge in [-0.15, -0.1) is 0 Å². The molecular weight excluding hydrogens is 192 g/mol. The van der Waals surface area contributed by atoms with Crippen LogP contribution in [0.2, 0.25) is 0 Å². The van der Waals surface area contributed by atoms with Crippen LogP contribution < -0.4 is 11.2 Å². The van der Waals surface area contributed by atoms with E-state index in [4.69, 9.17) is 5.84 Å². The van der Waals surface area contributed by atoms with Crippen molar-refractivity contribution in [1.82, 2.24) is 9.66 Å². The molecule has 0 spiro atoms. The van der Waals surface area contributed by atoms with Gasteiger partial charge in [0, 0.05) is 18.1 Å². The van der Waals surface area contributed by atoms with Gasteiger partial charge in [0.2, 0.25) is 5.82 Å². The summed E-state index contributed by atoms with van der Waals surface area (Å²) in [6.07, 6.45) is 2.99. The number of imidazole rings is 1. The van der Waals surface area contributed by atoms with Crippen LogP contribution in [0.4, 0.5) is 5.69 Å². The van der Waals surface area contributed by atoms with Crippen LogP contribution in [0.25, 0.3) is 0 Å². The number of para-hydroxylation sites is 1.